The maximum atomic E-state index is 13.0. The number of hydrogen-bond donors (Lipinski definition) is 1. The Labute approximate surface area is 116 Å². The van der Waals surface area contributed by atoms with Gasteiger partial charge >= 0.3 is 0 Å². The van der Waals surface area contributed by atoms with Crippen LogP contribution in [0.4, 0.5) is 4.39 Å². The normalized spacial score (nSPS) is 12.6. The summed E-state index contributed by atoms with van der Waals surface area (Å²) in [5.74, 6) is -0.369. The standard InChI is InChI=1S/C14H15ClFNS/c1-10(6-12-4-5-18-9-12)17-8-11-2-3-14(16)13(15)7-11/h2-5,7,9-10,17H,6,8H2,1H3. The van der Waals surface area contributed by atoms with Crippen LogP contribution in [0.2, 0.25) is 5.02 Å². The lowest BCUT2D eigenvalue weighted by atomic mass is 10.1. The summed E-state index contributed by atoms with van der Waals surface area (Å²) in [5.41, 5.74) is 2.34. The van der Waals surface area contributed by atoms with E-state index in [9.17, 15) is 4.39 Å². The van der Waals surface area contributed by atoms with E-state index in [0.717, 1.165) is 12.0 Å². The summed E-state index contributed by atoms with van der Waals surface area (Å²) in [6.45, 7) is 2.84. The molecule has 1 atom stereocenters. The van der Waals surface area contributed by atoms with Gasteiger partial charge in [0.05, 0.1) is 5.02 Å². The summed E-state index contributed by atoms with van der Waals surface area (Å²) in [5, 5.41) is 7.83. The first-order valence-electron chi connectivity index (χ1n) is 5.83. The third-order valence-electron chi connectivity index (χ3n) is 2.76. The van der Waals surface area contributed by atoms with Crippen LogP contribution in [-0.4, -0.2) is 6.04 Å². The molecule has 0 spiro atoms. The van der Waals surface area contributed by atoms with Gasteiger partial charge in [0.25, 0.3) is 0 Å². The van der Waals surface area contributed by atoms with Gasteiger partial charge in [0, 0.05) is 12.6 Å². The van der Waals surface area contributed by atoms with E-state index in [1.54, 1.807) is 23.5 Å². The molecule has 1 N–H and O–H groups in total. The van der Waals surface area contributed by atoms with Gasteiger partial charge in [-0.05, 0) is 53.4 Å². The molecule has 0 fully saturated rings. The highest BCUT2D eigenvalue weighted by atomic mass is 35.5. The first kappa shape index (κ1) is 13.5. The Bertz CT molecular complexity index is 499. The van der Waals surface area contributed by atoms with E-state index in [0.29, 0.717) is 12.6 Å². The van der Waals surface area contributed by atoms with Crippen molar-refractivity contribution in [1.82, 2.24) is 5.32 Å². The fraction of sp³-hybridized carbons (Fsp3) is 0.286. The number of benzene rings is 1. The molecule has 1 aromatic carbocycles. The fourth-order valence-electron chi connectivity index (χ4n) is 1.78. The fourth-order valence-corrected chi connectivity index (χ4v) is 2.66. The van der Waals surface area contributed by atoms with Gasteiger partial charge in [-0.1, -0.05) is 17.7 Å². The van der Waals surface area contributed by atoms with Gasteiger partial charge < -0.3 is 5.32 Å². The molecule has 0 aliphatic carbocycles. The predicted octanol–water partition coefficient (Wildman–Crippen LogP) is 4.26. The monoisotopic (exact) mass is 283 g/mol. The van der Waals surface area contributed by atoms with Crippen molar-refractivity contribution in [3.63, 3.8) is 0 Å². The van der Waals surface area contributed by atoms with Crippen LogP contribution in [0.5, 0.6) is 0 Å². The molecule has 0 aliphatic heterocycles. The molecule has 1 heterocycles. The van der Waals surface area contributed by atoms with Crippen molar-refractivity contribution in [3.05, 3.63) is 57.0 Å². The summed E-state index contributed by atoms with van der Waals surface area (Å²) in [4.78, 5) is 0. The van der Waals surface area contributed by atoms with Gasteiger partial charge in [-0.3, -0.25) is 0 Å². The predicted molar refractivity (Wildman–Crippen MR) is 75.7 cm³/mol. The van der Waals surface area contributed by atoms with Crippen molar-refractivity contribution in [2.24, 2.45) is 0 Å². The van der Waals surface area contributed by atoms with Crippen molar-refractivity contribution >= 4 is 22.9 Å². The quantitative estimate of drug-likeness (QED) is 0.864. The van der Waals surface area contributed by atoms with E-state index >= 15 is 0 Å². The molecule has 2 aromatic rings. The Hall–Kier alpha value is -0.900. The van der Waals surface area contributed by atoms with Gasteiger partial charge in [-0.15, -0.1) is 0 Å². The van der Waals surface area contributed by atoms with Crippen molar-refractivity contribution in [3.8, 4) is 0 Å². The summed E-state index contributed by atoms with van der Waals surface area (Å²) in [7, 11) is 0. The van der Waals surface area contributed by atoms with Crippen molar-refractivity contribution in [2.75, 3.05) is 0 Å². The molecule has 18 heavy (non-hydrogen) atoms. The molecule has 0 aliphatic rings. The zero-order valence-corrected chi connectivity index (χ0v) is 11.7. The summed E-state index contributed by atoms with van der Waals surface area (Å²) in [6.07, 6.45) is 0.998. The molecule has 2 rings (SSSR count). The zero-order valence-electron chi connectivity index (χ0n) is 10.1. The summed E-state index contributed by atoms with van der Waals surface area (Å²) in [6, 6.07) is 7.34. The second-order valence-electron chi connectivity index (χ2n) is 4.37. The number of nitrogens with one attached hydrogen (secondary N) is 1. The van der Waals surface area contributed by atoms with Crippen LogP contribution in [0.25, 0.3) is 0 Å². The molecule has 0 radical (unpaired) electrons. The molecule has 0 saturated carbocycles. The number of halogens is 2. The Kier molecular flexibility index (Phi) is 4.75. The molecular weight excluding hydrogens is 269 g/mol. The number of rotatable bonds is 5. The zero-order chi connectivity index (χ0) is 13.0. The van der Waals surface area contributed by atoms with E-state index in [2.05, 4.69) is 29.1 Å². The Morgan fingerprint density at radius 1 is 1.33 bits per heavy atom. The van der Waals surface area contributed by atoms with Gasteiger partial charge in [-0.25, -0.2) is 4.39 Å². The highest BCUT2D eigenvalue weighted by Crippen LogP contribution is 2.16. The average molecular weight is 284 g/mol. The van der Waals surface area contributed by atoms with Crippen LogP contribution in [0, 0.1) is 5.82 Å². The first-order valence-corrected chi connectivity index (χ1v) is 7.15. The van der Waals surface area contributed by atoms with E-state index in [1.807, 2.05) is 0 Å². The van der Waals surface area contributed by atoms with Crippen LogP contribution in [0.3, 0.4) is 0 Å². The van der Waals surface area contributed by atoms with E-state index in [-0.39, 0.29) is 10.8 Å². The van der Waals surface area contributed by atoms with E-state index in [4.69, 9.17) is 11.6 Å². The van der Waals surface area contributed by atoms with Gasteiger partial charge in [0.2, 0.25) is 0 Å². The second-order valence-corrected chi connectivity index (χ2v) is 5.55. The van der Waals surface area contributed by atoms with Crippen LogP contribution in [-0.2, 0) is 13.0 Å². The first-order chi connectivity index (χ1) is 8.65. The molecule has 4 heteroatoms. The third-order valence-corrected chi connectivity index (χ3v) is 3.78. The van der Waals surface area contributed by atoms with E-state index in [1.165, 1.54) is 11.6 Å². The topological polar surface area (TPSA) is 12.0 Å². The smallest absolute Gasteiger partial charge is 0.141 e. The van der Waals surface area contributed by atoms with Crippen molar-refractivity contribution in [2.45, 2.75) is 25.9 Å². The molecular formula is C14H15ClFNS. The minimum atomic E-state index is -0.369. The van der Waals surface area contributed by atoms with Crippen LogP contribution in [0.1, 0.15) is 18.1 Å². The van der Waals surface area contributed by atoms with E-state index < -0.39 is 0 Å². The maximum absolute atomic E-state index is 13.0. The summed E-state index contributed by atoms with van der Waals surface area (Å²) < 4.78 is 13.0. The molecule has 0 bridgehead atoms. The SMILES string of the molecule is CC(Cc1ccsc1)NCc1ccc(F)c(Cl)c1. The molecule has 0 amide bonds. The van der Waals surface area contributed by atoms with Crippen molar-refractivity contribution in [1.29, 1.82) is 0 Å². The highest BCUT2D eigenvalue weighted by molar-refractivity contribution is 7.07. The Morgan fingerprint density at radius 2 is 2.17 bits per heavy atom. The van der Waals surface area contributed by atoms with Crippen LogP contribution < -0.4 is 5.32 Å². The largest absolute Gasteiger partial charge is 0.310 e. The van der Waals surface area contributed by atoms with Crippen LogP contribution in [0.15, 0.2) is 35.0 Å². The lowest BCUT2D eigenvalue weighted by Gasteiger charge is -2.13. The minimum absolute atomic E-state index is 0.180. The van der Waals surface area contributed by atoms with Crippen molar-refractivity contribution < 1.29 is 4.39 Å². The highest BCUT2D eigenvalue weighted by Gasteiger charge is 2.05. The molecule has 1 aromatic heterocycles. The second kappa shape index (κ2) is 6.32. The minimum Gasteiger partial charge on any atom is -0.310 e. The molecule has 96 valence electrons. The lowest BCUT2D eigenvalue weighted by Crippen LogP contribution is -2.27. The summed E-state index contributed by atoms with van der Waals surface area (Å²) >= 11 is 7.46. The average Bonchev–Trinajstić information content (AvgIpc) is 2.83. The van der Waals surface area contributed by atoms with Gasteiger partial charge in [-0.2, -0.15) is 11.3 Å². The van der Waals surface area contributed by atoms with Gasteiger partial charge in [0.15, 0.2) is 0 Å². The Morgan fingerprint density at radius 3 is 2.83 bits per heavy atom. The molecule has 1 unspecified atom stereocenters. The third kappa shape index (κ3) is 3.80. The molecule has 0 saturated heterocycles. The van der Waals surface area contributed by atoms with Crippen LogP contribution >= 0.6 is 22.9 Å². The number of hydrogen-bond acceptors (Lipinski definition) is 2. The lowest BCUT2D eigenvalue weighted by molar-refractivity contribution is 0.545. The molecule has 1 nitrogen and oxygen atoms in total. The maximum Gasteiger partial charge on any atom is 0.141 e. The number of thiophene rings is 1. The Balaban J connectivity index is 1.85. The van der Waals surface area contributed by atoms with Gasteiger partial charge in [0.1, 0.15) is 5.82 Å².